The van der Waals surface area contributed by atoms with Gasteiger partial charge in [-0.05, 0) is 19.7 Å². The molecule has 0 amide bonds. The molecule has 0 saturated heterocycles. The van der Waals surface area contributed by atoms with Gasteiger partial charge in [-0.25, -0.2) is 0 Å². The largest absolute Gasteiger partial charge is 0.488 e. The van der Waals surface area contributed by atoms with Gasteiger partial charge in [-0.2, -0.15) is 11.8 Å². The Morgan fingerprint density at radius 2 is 1.82 bits per heavy atom. The first-order chi connectivity index (χ1) is 4.92. The monoisotopic (exact) mass is 186 g/mol. The molecule has 0 radical (unpaired) electrons. The molecule has 0 heterocycles. The summed E-state index contributed by atoms with van der Waals surface area (Å²) in [5.74, 6) is 0.550. The van der Waals surface area contributed by atoms with Gasteiger partial charge in [0.25, 0.3) is 0 Å². The zero-order valence-corrected chi connectivity index (χ0v) is 7.50. The summed E-state index contributed by atoms with van der Waals surface area (Å²) >= 11 is 0.950. The molecule has 0 aliphatic heterocycles. The Bertz CT molecular complexity index is 106. The first-order valence-corrected chi connectivity index (χ1v) is 4.51. The summed E-state index contributed by atoms with van der Waals surface area (Å²) < 4.78 is 34.8. The number of thioether (sulfide) groups is 1. The molecular weight excluding hydrogens is 174 g/mol. The van der Waals surface area contributed by atoms with Crippen LogP contribution < -0.4 is 0 Å². The molecule has 6 heteroatoms. The molecule has 0 atom stereocenters. The predicted octanol–water partition coefficient (Wildman–Crippen LogP) is 1.67. The molecule has 1 nitrogen and oxygen atoms in total. The van der Waals surface area contributed by atoms with Gasteiger partial charge in [0, 0.05) is 12.3 Å². The average Bonchev–Trinajstić information content (AvgIpc) is 1.78. The van der Waals surface area contributed by atoms with Crippen LogP contribution in [0.1, 0.15) is 0 Å². The molecule has 0 aromatic rings. The molecule has 0 rings (SSSR count). The molecule has 0 aliphatic rings. The molecule has 0 N–H and O–H groups in total. The molecule has 68 valence electrons. The summed E-state index contributed by atoms with van der Waals surface area (Å²) in [6.45, 7) is -3.88. The van der Waals surface area contributed by atoms with Crippen molar-refractivity contribution in [1.82, 2.24) is 4.90 Å². The van der Waals surface area contributed by atoms with Crippen LogP contribution in [0.5, 0.6) is 0 Å². The number of halogens is 3. The van der Waals surface area contributed by atoms with Crippen molar-refractivity contribution in [1.29, 1.82) is 0 Å². The van der Waals surface area contributed by atoms with Crippen molar-refractivity contribution < 1.29 is 12.9 Å². The Morgan fingerprint density at radius 3 is 2.18 bits per heavy atom. The highest BCUT2D eigenvalue weighted by molar-refractivity contribution is 8.00. The van der Waals surface area contributed by atoms with Gasteiger partial charge in [0.2, 0.25) is 0 Å². The minimum absolute atomic E-state index is 0.550. The van der Waals surface area contributed by atoms with E-state index in [1.165, 1.54) is 0 Å². The second-order valence-corrected chi connectivity index (χ2v) is 3.74. The standard InChI is InChI=1S/C5H12BF3NS/c1-10(2)3-4-11-5-6(7,8)9/h3-5H2,1-2H3/q-1. The topological polar surface area (TPSA) is 3.24 Å². The van der Waals surface area contributed by atoms with E-state index in [1.54, 1.807) is 0 Å². The molecular formula is C5H12BF3NS-. The van der Waals surface area contributed by atoms with Crippen LogP contribution in [0, 0.1) is 0 Å². The molecule has 11 heavy (non-hydrogen) atoms. The van der Waals surface area contributed by atoms with Crippen LogP contribution in [0.4, 0.5) is 12.9 Å². The third-order valence-corrected chi connectivity index (χ3v) is 2.07. The van der Waals surface area contributed by atoms with Gasteiger partial charge in [-0.15, -0.1) is 0 Å². The molecule has 0 aromatic carbocycles. The SMILES string of the molecule is CN(C)CCSC[B-](F)(F)F. The molecule has 0 saturated carbocycles. The van der Waals surface area contributed by atoms with Gasteiger partial charge in [-0.3, -0.25) is 0 Å². The van der Waals surface area contributed by atoms with Gasteiger partial charge < -0.3 is 17.8 Å². The van der Waals surface area contributed by atoms with Crippen LogP contribution in [0.3, 0.4) is 0 Å². The lowest BCUT2D eigenvalue weighted by Gasteiger charge is -2.14. The summed E-state index contributed by atoms with van der Waals surface area (Å²) in [5, 5.41) is 0. The van der Waals surface area contributed by atoms with Crippen molar-refractivity contribution in [2.75, 3.05) is 32.0 Å². The quantitative estimate of drug-likeness (QED) is 0.474. The van der Waals surface area contributed by atoms with Crippen molar-refractivity contribution in [3.05, 3.63) is 0 Å². The summed E-state index contributed by atoms with van der Waals surface area (Å²) in [5.41, 5.74) is -0.673. The Kier molecular flexibility index (Phi) is 5.00. The summed E-state index contributed by atoms with van der Waals surface area (Å²) in [4.78, 5) is 1.87. The zero-order chi connectivity index (χ0) is 8.91. The van der Waals surface area contributed by atoms with Crippen molar-refractivity contribution in [3.8, 4) is 0 Å². The van der Waals surface area contributed by atoms with Crippen molar-refractivity contribution in [2.24, 2.45) is 0 Å². The van der Waals surface area contributed by atoms with Gasteiger partial charge in [0.1, 0.15) is 0 Å². The Balaban J connectivity index is 3.15. The third kappa shape index (κ3) is 10.2. The first-order valence-electron chi connectivity index (χ1n) is 3.35. The van der Waals surface area contributed by atoms with Crippen LogP contribution in [0.15, 0.2) is 0 Å². The Morgan fingerprint density at radius 1 is 1.27 bits per heavy atom. The smallest absolute Gasteiger partial charge is 0.448 e. The Labute approximate surface area is 69.4 Å². The fraction of sp³-hybridized carbons (Fsp3) is 1.00. The first kappa shape index (κ1) is 11.2. The second-order valence-electron chi connectivity index (χ2n) is 2.59. The predicted molar refractivity (Wildman–Crippen MR) is 45.0 cm³/mol. The van der Waals surface area contributed by atoms with Crippen LogP contribution in [-0.2, 0) is 0 Å². The molecule has 0 fully saturated rings. The van der Waals surface area contributed by atoms with Crippen molar-refractivity contribution in [2.45, 2.75) is 0 Å². The van der Waals surface area contributed by atoms with Gasteiger partial charge in [0.15, 0.2) is 0 Å². The lowest BCUT2D eigenvalue weighted by molar-refractivity contribution is 0.437. The van der Waals surface area contributed by atoms with E-state index in [0.29, 0.717) is 12.3 Å². The molecule has 0 spiro atoms. The van der Waals surface area contributed by atoms with Crippen molar-refractivity contribution in [3.63, 3.8) is 0 Å². The van der Waals surface area contributed by atoms with Crippen molar-refractivity contribution >= 4 is 18.7 Å². The number of hydrogen-bond donors (Lipinski definition) is 0. The van der Waals surface area contributed by atoms with Gasteiger partial charge in [-0.1, -0.05) is 0 Å². The third-order valence-electron chi connectivity index (χ3n) is 0.990. The number of nitrogens with zero attached hydrogens (tertiary/aromatic N) is 1. The van der Waals surface area contributed by atoms with E-state index >= 15 is 0 Å². The number of hydrogen-bond acceptors (Lipinski definition) is 2. The van der Waals surface area contributed by atoms with E-state index < -0.39 is 12.6 Å². The molecule has 0 unspecified atom stereocenters. The zero-order valence-electron chi connectivity index (χ0n) is 6.69. The van der Waals surface area contributed by atoms with Crippen LogP contribution in [-0.4, -0.2) is 43.9 Å². The lowest BCUT2D eigenvalue weighted by Crippen LogP contribution is -2.21. The minimum Gasteiger partial charge on any atom is -0.448 e. The van der Waals surface area contributed by atoms with Gasteiger partial charge in [0.05, 0.1) is 0 Å². The summed E-state index contributed by atoms with van der Waals surface area (Å²) in [6, 6.07) is 0. The van der Waals surface area contributed by atoms with Crippen LogP contribution in [0.2, 0.25) is 0 Å². The highest BCUT2D eigenvalue weighted by atomic mass is 32.2. The van der Waals surface area contributed by atoms with E-state index in [-0.39, 0.29) is 0 Å². The molecule has 0 aliphatic carbocycles. The molecule has 0 bridgehead atoms. The van der Waals surface area contributed by atoms with E-state index in [0.717, 1.165) is 11.8 Å². The fourth-order valence-electron chi connectivity index (χ4n) is 0.464. The van der Waals surface area contributed by atoms with E-state index in [1.807, 2.05) is 19.0 Å². The van der Waals surface area contributed by atoms with E-state index in [2.05, 4.69) is 0 Å². The minimum atomic E-state index is -4.59. The summed E-state index contributed by atoms with van der Waals surface area (Å²) in [6.07, 6.45) is 0. The number of rotatable bonds is 5. The maximum Gasteiger partial charge on any atom is 0.488 e. The fourth-order valence-corrected chi connectivity index (χ4v) is 1.39. The summed E-state index contributed by atoms with van der Waals surface area (Å²) in [7, 11) is 3.69. The second kappa shape index (κ2) is 4.93. The van der Waals surface area contributed by atoms with Crippen LogP contribution in [0.25, 0.3) is 0 Å². The maximum atomic E-state index is 11.6. The van der Waals surface area contributed by atoms with Crippen LogP contribution >= 0.6 is 11.8 Å². The van der Waals surface area contributed by atoms with E-state index in [9.17, 15) is 12.9 Å². The molecule has 0 aromatic heterocycles. The average molecular weight is 186 g/mol. The highest BCUT2D eigenvalue weighted by Gasteiger charge is 2.21. The maximum absolute atomic E-state index is 11.6. The lowest BCUT2D eigenvalue weighted by atomic mass is 9.98. The van der Waals surface area contributed by atoms with Gasteiger partial charge >= 0.3 is 6.98 Å². The van der Waals surface area contributed by atoms with E-state index in [4.69, 9.17) is 0 Å². The highest BCUT2D eigenvalue weighted by Crippen LogP contribution is 2.15. The Hall–Kier alpha value is 0.165. The normalized spacial score (nSPS) is 12.5.